The van der Waals surface area contributed by atoms with Crippen molar-refractivity contribution >= 4 is 16.9 Å². The molecular weight excluding hydrogens is 406 g/mol. The Kier molecular flexibility index (Phi) is 4.49. The first-order valence-corrected chi connectivity index (χ1v) is 9.76. The highest BCUT2D eigenvalue weighted by molar-refractivity contribution is 6.04. The van der Waals surface area contributed by atoms with Gasteiger partial charge in [-0.3, -0.25) is 4.79 Å². The lowest BCUT2D eigenvalue weighted by atomic mass is 10.0. The van der Waals surface area contributed by atoms with Crippen LogP contribution in [0.15, 0.2) is 35.0 Å². The minimum Gasteiger partial charge on any atom is -0.344 e. The minimum atomic E-state index is -2.81. The number of hydrogen-bond donors (Lipinski definition) is 1. The molecule has 5 rings (SSSR count). The van der Waals surface area contributed by atoms with Crippen LogP contribution in [0.5, 0.6) is 0 Å². The lowest BCUT2D eigenvalue weighted by Crippen LogP contribution is -2.27. The number of carbonyl (C=O) groups excluding carboxylic acids is 1. The van der Waals surface area contributed by atoms with E-state index in [9.17, 15) is 13.6 Å². The molecule has 158 valence electrons. The van der Waals surface area contributed by atoms with E-state index in [2.05, 4.69) is 30.1 Å². The Morgan fingerprint density at radius 3 is 2.94 bits per heavy atom. The zero-order valence-electron chi connectivity index (χ0n) is 16.8. The molecule has 0 fully saturated rings. The first kappa shape index (κ1) is 19.3. The summed E-state index contributed by atoms with van der Waals surface area (Å²) in [5.74, 6) is -0.846. The maximum absolute atomic E-state index is 13.0. The zero-order valence-corrected chi connectivity index (χ0v) is 16.8. The van der Waals surface area contributed by atoms with Crippen molar-refractivity contribution in [3.05, 3.63) is 58.7 Å². The van der Waals surface area contributed by atoms with Gasteiger partial charge in [-0.15, -0.1) is 0 Å². The molecule has 1 aromatic carbocycles. The van der Waals surface area contributed by atoms with Crippen molar-refractivity contribution in [1.29, 1.82) is 0 Å². The summed E-state index contributed by atoms with van der Waals surface area (Å²) in [6.45, 7) is 1.92. The van der Waals surface area contributed by atoms with Gasteiger partial charge in [-0.05, 0) is 48.6 Å². The minimum absolute atomic E-state index is 0.119. The monoisotopic (exact) mass is 424 g/mol. The molecule has 0 bridgehead atoms. The smallest absolute Gasteiger partial charge is 0.315 e. The second-order valence-corrected chi connectivity index (χ2v) is 7.59. The molecule has 1 N–H and O–H groups in total. The van der Waals surface area contributed by atoms with Gasteiger partial charge in [0.25, 0.3) is 11.8 Å². The lowest BCUT2D eigenvalue weighted by molar-refractivity contribution is 0.0932. The SMILES string of the molecule is Cc1cnc2c(c1)c(C(=O)N[C@@H]1CCc3cc(-c4noc(C(F)F)n4)ccc31)nn2C. The first-order valence-electron chi connectivity index (χ1n) is 9.76. The molecule has 0 saturated heterocycles. The van der Waals surface area contributed by atoms with Gasteiger partial charge in [0.1, 0.15) is 0 Å². The Balaban J connectivity index is 1.39. The number of aromatic nitrogens is 5. The van der Waals surface area contributed by atoms with Gasteiger partial charge in [0.05, 0.1) is 11.4 Å². The Bertz CT molecular complexity index is 1310. The summed E-state index contributed by atoms with van der Waals surface area (Å²) < 4.78 is 31.6. The van der Waals surface area contributed by atoms with Gasteiger partial charge in [-0.1, -0.05) is 17.3 Å². The quantitative estimate of drug-likeness (QED) is 0.537. The number of nitrogens with one attached hydrogen (secondary N) is 1. The van der Waals surface area contributed by atoms with Crippen LogP contribution < -0.4 is 5.32 Å². The highest BCUT2D eigenvalue weighted by Crippen LogP contribution is 2.34. The largest absolute Gasteiger partial charge is 0.344 e. The molecule has 0 radical (unpaired) electrons. The van der Waals surface area contributed by atoms with E-state index in [1.54, 1.807) is 24.0 Å². The van der Waals surface area contributed by atoms with Gasteiger partial charge in [-0.2, -0.15) is 18.9 Å². The van der Waals surface area contributed by atoms with Crippen molar-refractivity contribution in [2.75, 3.05) is 0 Å². The Morgan fingerprint density at radius 2 is 2.16 bits per heavy atom. The van der Waals surface area contributed by atoms with Crippen LogP contribution in [0.2, 0.25) is 0 Å². The van der Waals surface area contributed by atoms with Gasteiger partial charge in [0, 0.05) is 18.8 Å². The van der Waals surface area contributed by atoms with Crippen molar-refractivity contribution in [2.24, 2.45) is 7.05 Å². The maximum Gasteiger partial charge on any atom is 0.315 e. The van der Waals surface area contributed by atoms with E-state index in [1.165, 1.54) is 0 Å². The van der Waals surface area contributed by atoms with Crippen LogP contribution in [0, 0.1) is 6.92 Å². The van der Waals surface area contributed by atoms with E-state index in [0.717, 1.165) is 29.5 Å². The summed E-state index contributed by atoms with van der Waals surface area (Å²) in [5, 5.41) is 11.8. The van der Waals surface area contributed by atoms with E-state index < -0.39 is 12.3 Å². The van der Waals surface area contributed by atoms with Crippen molar-refractivity contribution in [3.63, 3.8) is 0 Å². The van der Waals surface area contributed by atoms with Crippen LogP contribution in [0.4, 0.5) is 8.78 Å². The summed E-state index contributed by atoms with van der Waals surface area (Å²) in [6, 6.07) is 7.19. The van der Waals surface area contributed by atoms with Crippen LogP contribution in [0.3, 0.4) is 0 Å². The fourth-order valence-corrected chi connectivity index (χ4v) is 3.99. The van der Waals surface area contributed by atoms with Crippen LogP contribution in [0.25, 0.3) is 22.4 Å². The number of benzene rings is 1. The van der Waals surface area contributed by atoms with Crippen LogP contribution in [0.1, 0.15) is 52.0 Å². The summed E-state index contributed by atoms with van der Waals surface area (Å²) >= 11 is 0. The molecule has 4 aromatic rings. The molecule has 3 aromatic heterocycles. The summed E-state index contributed by atoms with van der Waals surface area (Å²) in [6.07, 6.45) is 0.389. The molecule has 0 spiro atoms. The number of rotatable bonds is 4. The third kappa shape index (κ3) is 3.33. The number of halogens is 2. The zero-order chi connectivity index (χ0) is 21.7. The average Bonchev–Trinajstić information content (AvgIpc) is 3.46. The molecule has 0 unspecified atom stereocenters. The third-order valence-corrected chi connectivity index (χ3v) is 5.44. The van der Waals surface area contributed by atoms with E-state index in [4.69, 9.17) is 0 Å². The number of hydrogen-bond acceptors (Lipinski definition) is 6. The molecule has 1 aliphatic rings. The van der Waals surface area contributed by atoms with Crippen molar-refractivity contribution in [2.45, 2.75) is 32.2 Å². The van der Waals surface area contributed by atoms with E-state index in [0.29, 0.717) is 22.3 Å². The number of nitrogens with zero attached hydrogens (tertiary/aromatic N) is 5. The van der Waals surface area contributed by atoms with E-state index >= 15 is 0 Å². The van der Waals surface area contributed by atoms with Gasteiger partial charge < -0.3 is 9.84 Å². The standard InChI is InChI=1S/C21H18F2N6O2/c1-10-7-14-16(27-29(2)19(14)24-9-10)20(30)25-15-6-4-11-8-12(3-5-13(11)15)18-26-21(17(22)23)31-28-18/h3,5,7-9,15,17H,4,6H2,1-2H3,(H,25,30)/t15-/m1/s1. The fourth-order valence-electron chi connectivity index (χ4n) is 3.99. The summed E-state index contributed by atoms with van der Waals surface area (Å²) in [4.78, 5) is 21.1. The predicted molar refractivity (Wildman–Crippen MR) is 106 cm³/mol. The molecule has 8 nitrogen and oxygen atoms in total. The normalized spacial score (nSPS) is 15.6. The first-order chi connectivity index (χ1) is 14.9. The molecule has 0 saturated carbocycles. The molecule has 1 amide bonds. The number of pyridine rings is 1. The third-order valence-electron chi connectivity index (χ3n) is 5.44. The van der Waals surface area contributed by atoms with Crippen LogP contribution in [-0.4, -0.2) is 30.8 Å². The highest BCUT2D eigenvalue weighted by Gasteiger charge is 2.27. The van der Waals surface area contributed by atoms with Gasteiger partial charge >= 0.3 is 6.43 Å². The number of carbonyl (C=O) groups is 1. The molecule has 0 aliphatic heterocycles. The molecule has 1 aliphatic carbocycles. The van der Waals surface area contributed by atoms with Crippen molar-refractivity contribution in [1.82, 2.24) is 30.2 Å². The summed E-state index contributed by atoms with van der Waals surface area (Å²) in [7, 11) is 1.76. The van der Waals surface area contributed by atoms with E-state index in [1.807, 2.05) is 25.1 Å². The van der Waals surface area contributed by atoms with Crippen LogP contribution in [-0.2, 0) is 13.5 Å². The second kappa shape index (κ2) is 7.22. The number of amides is 1. The number of alkyl halides is 2. The van der Waals surface area contributed by atoms with Crippen molar-refractivity contribution in [3.8, 4) is 11.4 Å². The second-order valence-electron chi connectivity index (χ2n) is 7.59. The Morgan fingerprint density at radius 1 is 1.32 bits per heavy atom. The topological polar surface area (TPSA) is 98.7 Å². The molecule has 3 heterocycles. The van der Waals surface area contributed by atoms with Crippen LogP contribution >= 0.6 is 0 Å². The average molecular weight is 424 g/mol. The molecule has 1 atom stereocenters. The number of fused-ring (bicyclic) bond motifs is 2. The van der Waals surface area contributed by atoms with E-state index in [-0.39, 0.29) is 17.8 Å². The number of aryl methyl sites for hydroxylation is 3. The maximum atomic E-state index is 13.0. The fraction of sp³-hybridized carbons (Fsp3) is 0.286. The summed E-state index contributed by atoms with van der Waals surface area (Å²) in [5.41, 5.74) is 4.52. The van der Waals surface area contributed by atoms with Gasteiger partial charge in [-0.25, -0.2) is 9.67 Å². The molecular formula is C21H18F2N6O2. The lowest BCUT2D eigenvalue weighted by Gasteiger charge is -2.13. The molecule has 10 heteroatoms. The van der Waals surface area contributed by atoms with Gasteiger partial charge in [0.2, 0.25) is 5.82 Å². The van der Waals surface area contributed by atoms with Crippen molar-refractivity contribution < 1.29 is 18.1 Å². The Hall–Kier alpha value is -3.69. The predicted octanol–water partition coefficient (Wildman–Crippen LogP) is 3.68. The Labute approximate surface area is 175 Å². The van der Waals surface area contributed by atoms with Gasteiger partial charge in [0.15, 0.2) is 11.3 Å². The highest BCUT2D eigenvalue weighted by atomic mass is 19.3. The molecule has 31 heavy (non-hydrogen) atoms.